The highest BCUT2D eigenvalue weighted by Crippen LogP contribution is 2.53. The van der Waals surface area contributed by atoms with Gasteiger partial charge >= 0.3 is 0 Å². The number of hydrogen-bond acceptors (Lipinski definition) is 6. The third kappa shape index (κ3) is 4.32. The molecule has 2 N–H and O–H groups in total. The second kappa shape index (κ2) is 8.81. The van der Waals surface area contributed by atoms with E-state index in [2.05, 4.69) is 30.8 Å². The van der Waals surface area contributed by atoms with Gasteiger partial charge in [0.2, 0.25) is 0 Å². The van der Waals surface area contributed by atoms with Gasteiger partial charge in [0, 0.05) is 48.6 Å². The molecule has 2 aliphatic rings. The summed E-state index contributed by atoms with van der Waals surface area (Å²) in [6.07, 6.45) is 4.18. The van der Waals surface area contributed by atoms with Crippen LogP contribution < -0.4 is 16.2 Å². The number of carbonyl (C=O) groups is 1. The number of aromatic nitrogens is 4. The molecule has 0 radical (unpaired) electrons. The number of hydrogen-bond donors (Lipinski definition) is 1. The minimum atomic E-state index is -0.947. The minimum Gasteiger partial charge on any atom is -0.369 e. The number of Topliss-reactive ketones (excluding diaryl/α,β-unsaturated/α-hetero) is 1. The minimum absolute atomic E-state index is 0.0182. The van der Waals surface area contributed by atoms with Crippen LogP contribution in [-0.4, -0.2) is 44.5 Å². The predicted octanol–water partition coefficient (Wildman–Crippen LogP) is 3.97. The normalized spacial score (nSPS) is 18.3. The zero-order chi connectivity index (χ0) is 27.7. The van der Waals surface area contributed by atoms with Crippen molar-refractivity contribution in [3.63, 3.8) is 0 Å². The molecule has 4 aromatic rings. The Balaban J connectivity index is 1.41. The van der Waals surface area contributed by atoms with Gasteiger partial charge in [-0.3, -0.25) is 14.3 Å². The van der Waals surface area contributed by atoms with Gasteiger partial charge in [-0.25, -0.2) is 8.78 Å². The Hall–Kier alpha value is -3.92. The summed E-state index contributed by atoms with van der Waals surface area (Å²) in [4.78, 5) is 28.2. The first-order valence-corrected chi connectivity index (χ1v) is 13.1. The predicted molar refractivity (Wildman–Crippen MR) is 144 cm³/mol. The molecule has 0 bridgehead atoms. The lowest BCUT2D eigenvalue weighted by atomic mass is 10.0. The van der Waals surface area contributed by atoms with Crippen LogP contribution >= 0.6 is 0 Å². The average molecular weight is 533 g/mol. The third-order valence-electron chi connectivity index (χ3n) is 7.94. The lowest BCUT2D eigenvalue weighted by Crippen LogP contribution is -2.30. The van der Waals surface area contributed by atoms with Crippen molar-refractivity contribution < 1.29 is 13.6 Å². The van der Waals surface area contributed by atoms with Crippen molar-refractivity contribution in [3.8, 4) is 5.69 Å². The number of para-hydroxylation sites is 1. The van der Waals surface area contributed by atoms with Gasteiger partial charge in [-0.05, 0) is 63.4 Å². The molecule has 6 rings (SSSR count). The van der Waals surface area contributed by atoms with Crippen LogP contribution in [0, 0.1) is 17.0 Å². The number of carbonyl (C=O) groups excluding carboxylic acids is 1. The zero-order valence-corrected chi connectivity index (χ0v) is 22.1. The third-order valence-corrected chi connectivity index (χ3v) is 7.94. The molecule has 39 heavy (non-hydrogen) atoms. The Morgan fingerprint density at radius 1 is 1.05 bits per heavy atom. The van der Waals surface area contributed by atoms with Crippen LogP contribution in [0.15, 0.2) is 53.5 Å². The summed E-state index contributed by atoms with van der Waals surface area (Å²) in [6, 6.07) is 9.50. The van der Waals surface area contributed by atoms with Crippen LogP contribution in [0.4, 0.5) is 14.5 Å². The molecule has 1 aliphatic carbocycles. The molecule has 1 saturated heterocycles. The summed E-state index contributed by atoms with van der Waals surface area (Å²) in [6.45, 7) is 7.72. The number of nitrogens with two attached hydrogens (primary N) is 1. The molecule has 2 aromatic carbocycles. The lowest BCUT2D eigenvalue weighted by molar-refractivity contribution is 0.0986. The Morgan fingerprint density at radius 3 is 2.41 bits per heavy atom. The summed E-state index contributed by atoms with van der Waals surface area (Å²) >= 11 is 0. The van der Waals surface area contributed by atoms with Crippen LogP contribution in [0.3, 0.4) is 0 Å². The van der Waals surface area contributed by atoms with E-state index in [-0.39, 0.29) is 34.9 Å². The number of halogens is 2. The smallest absolute Gasteiger partial charge is 0.271 e. The molecule has 2 fully saturated rings. The molecule has 8 nitrogen and oxygen atoms in total. The Bertz CT molecular complexity index is 1660. The van der Waals surface area contributed by atoms with Crippen molar-refractivity contribution in [2.75, 3.05) is 18.0 Å². The average Bonchev–Trinajstić information content (AvgIpc) is 3.39. The number of ketones is 1. The summed E-state index contributed by atoms with van der Waals surface area (Å²) in [5.41, 5.74) is 7.53. The standard InChI is InChI=1S/C29H30F2N6O2/c1-28(2,3)36-14-18-21(33-36)8-7-17(26(18)35-15-24(32)29(16-35)11-12-29)13-23(38)22-9-10-25(39)37(34-22)27-19(30)5-4-6-20(27)31/h4-10,14,24H,11-13,15-16,32H2,1-3H3/t24-/m0/s1. The first-order chi connectivity index (χ1) is 18.5. The van der Waals surface area contributed by atoms with E-state index < -0.39 is 22.9 Å². The number of nitrogens with zero attached hydrogens (tertiary/aromatic N) is 5. The summed E-state index contributed by atoms with van der Waals surface area (Å²) in [7, 11) is 0. The lowest BCUT2D eigenvalue weighted by Gasteiger charge is -2.23. The molecular formula is C29H30F2N6O2. The van der Waals surface area contributed by atoms with Gasteiger partial charge in [-0.2, -0.15) is 14.9 Å². The molecule has 1 spiro atoms. The van der Waals surface area contributed by atoms with Gasteiger partial charge < -0.3 is 10.6 Å². The molecule has 202 valence electrons. The van der Waals surface area contributed by atoms with Crippen molar-refractivity contribution in [2.24, 2.45) is 11.1 Å². The van der Waals surface area contributed by atoms with E-state index in [1.165, 1.54) is 12.1 Å². The molecule has 1 saturated carbocycles. The van der Waals surface area contributed by atoms with Gasteiger partial charge in [0.15, 0.2) is 17.4 Å². The van der Waals surface area contributed by atoms with Crippen molar-refractivity contribution in [1.82, 2.24) is 19.6 Å². The van der Waals surface area contributed by atoms with Gasteiger partial charge in [0.25, 0.3) is 5.56 Å². The van der Waals surface area contributed by atoms with E-state index in [1.54, 1.807) is 0 Å². The molecule has 1 atom stereocenters. The Labute approximate surface area is 224 Å². The summed E-state index contributed by atoms with van der Waals surface area (Å²) in [5.74, 6) is -2.27. The second-order valence-electron chi connectivity index (χ2n) is 11.7. The molecule has 1 aliphatic heterocycles. The van der Waals surface area contributed by atoms with E-state index in [1.807, 2.05) is 23.0 Å². The van der Waals surface area contributed by atoms with E-state index in [4.69, 9.17) is 10.8 Å². The maximum Gasteiger partial charge on any atom is 0.271 e. The maximum absolute atomic E-state index is 14.4. The summed E-state index contributed by atoms with van der Waals surface area (Å²) < 4.78 is 31.3. The van der Waals surface area contributed by atoms with E-state index in [0.29, 0.717) is 11.2 Å². The topological polar surface area (TPSA) is 99.0 Å². The number of anilines is 1. The van der Waals surface area contributed by atoms with Crippen LogP contribution in [0.2, 0.25) is 0 Å². The fraction of sp³-hybridized carbons (Fsp3) is 0.379. The largest absolute Gasteiger partial charge is 0.369 e. The van der Waals surface area contributed by atoms with Gasteiger partial charge in [0.05, 0.1) is 16.7 Å². The van der Waals surface area contributed by atoms with Gasteiger partial charge in [0.1, 0.15) is 11.4 Å². The van der Waals surface area contributed by atoms with E-state index in [9.17, 15) is 18.4 Å². The van der Waals surface area contributed by atoms with E-state index in [0.717, 1.165) is 59.7 Å². The first kappa shape index (κ1) is 25.4. The molecule has 0 amide bonds. The van der Waals surface area contributed by atoms with Crippen molar-refractivity contribution in [3.05, 3.63) is 81.9 Å². The summed E-state index contributed by atoms with van der Waals surface area (Å²) in [5, 5.41) is 9.78. The number of rotatable bonds is 5. The first-order valence-electron chi connectivity index (χ1n) is 13.1. The van der Waals surface area contributed by atoms with E-state index >= 15 is 0 Å². The van der Waals surface area contributed by atoms with Crippen molar-refractivity contribution in [2.45, 2.75) is 51.6 Å². The molecular weight excluding hydrogens is 502 g/mol. The molecule has 3 heterocycles. The molecule has 0 unspecified atom stereocenters. The maximum atomic E-state index is 14.4. The van der Waals surface area contributed by atoms with Crippen molar-refractivity contribution >= 4 is 22.4 Å². The van der Waals surface area contributed by atoms with Crippen LogP contribution in [-0.2, 0) is 12.0 Å². The Morgan fingerprint density at radius 2 is 1.77 bits per heavy atom. The SMILES string of the molecule is CC(C)(C)n1cc2c(N3C[C@H](N)C4(CC4)C3)c(CC(=O)c3ccc(=O)n(-c4c(F)cccc4F)n3)ccc2n1. The number of benzene rings is 2. The number of fused-ring (bicyclic) bond motifs is 1. The molecule has 10 heteroatoms. The fourth-order valence-corrected chi connectivity index (χ4v) is 5.51. The highest BCUT2D eigenvalue weighted by Gasteiger charge is 2.54. The van der Waals surface area contributed by atoms with Crippen molar-refractivity contribution in [1.29, 1.82) is 0 Å². The van der Waals surface area contributed by atoms with Gasteiger partial charge in [-0.15, -0.1) is 0 Å². The monoisotopic (exact) mass is 532 g/mol. The highest BCUT2D eigenvalue weighted by molar-refractivity contribution is 6.00. The Kier molecular flexibility index (Phi) is 5.73. The van der Waals surface area contributed by atoms with Gasteiger partial charge in [-0.1, -0.05) is 12.1 Å². The quantitative estimate of drug-likeness (QED) is 0.391. The van der Waals surface area contributed by atoms with Crippen LogP contribution in [0.5, 0.6) is 0 Å². The highest BCUT2D eigenvalue weighted by atomic mass is 19.1. The van der Waals surface area contributed by atoms with Crippen LogP contribution in [0.25, 0.3) is 16.6 Å². The second-order valence-corrected chi connectivity index (χ2v) is 11.7. The van der Waals surface area contributed by atoms with Crippen LogP contribution in [0.1, 0.15) is 49.7 Å². The fourth-order valence-electron chi connectivity index (χ4n) is 5.51. The molecule has 2 aromatic heterocycles. The zero-order valence-electron chi connectivity index (χ0n) is 22.1.